The first-order valence-electron chi connectivity index (χ1n) is 18.1. The third kappa shape index (κ3) is 8.76. The van der Waals surface area contributed by atoms with Crippen LogP contribution in [0.15, 0.2) is 108 Å². The fraction of sp³-hybridized carbons (Fsp3) is 0.286. The number of phenolic OH excluding ortho intramolecular Hbond substituents is 1. The van der Waals surface area contributed by atoms with Crippen molar-refractivity contribution in [3.05, 3.63) is 141 Å². The number of benzene rings is 4. The van der Waals surface area contributed by atoms with Crippen LogP contribution in [0.1, 0.15) is 51.6 Å². The molecule has 0 bridgehead atoms. The Morgan fingerprint density at radius 1 is 0.927 bits per heavy atom. The molecule has 1 aromatic heterocycles. The Morgan fingerprint density at radius 3 is 2.35 bits per heavy atom. The number of hydrogen-bond acceptors (Lipinski definition) is 10. The molecule has 8 N–H and O–H groups in total. The minimum Gasteiger partial charge on any atom is -0.506 e. The van der Waals surface area contributed by atoms with E-state index in [1.165, 1.54) is 18.2 Å². The van der Waals surface area contributed by atoms with E-state index in [1.807, 2.05) is 0 Å². The summed E-state index contributed by atoms with van der Waals surface area (Å²) >= 11 is 0. The van der Waals surface area contributed by atoms with E-state index in [0.717, 1.165) is 5.56 Å². The molecule has 286 valence electrons. The topological polar surface area (TPSA) is 216 Å². The third-order valence-corrected chi connectivity index (χ3v) is 10.1. The Morgan fingerprint density at radius 2 is 1.64 bits per heavy atom. The number of hydrogen-bond donors (Lipinski definition) is 7. The number of aromatic hydroxyl groups is 1. The maximum Gasteiger partial charge on any atom is 0.345 e. The molecule has 1 aliphatic heterocycles. The molecule has 0 aliphatic carbocycles. The second-order valence-corrected chi connectivity index (χ2v) is 13.8. The Kier molecular flexibility index (Phi) is 12.1. The van der Waals surface area contributed by atoms with Crippen LogP contribution in [0, 0.1) is 5.92 Å². The highest BCUT2D eigenvalue weighted by Crippen LogP contribution is 2.33. The second kappa shape index (κ2) is 17.1. The summed E-state index contributed by atoms with van der Waals surface area (Å²) in [5, 5.41) is 45.7. The van der Waals surface area contributed by atoms with Gasteiger partial charge in [-0.2, -0.15) is 0 Å². The first-order chi connectivity index (χ1) is 26.4. The fourth-order valence-corrected chi connectivity index (χ4v) is 6.89. The van der Waals surface area contributed by atoms with E-state index in [9.17, 15) is 39.6 Å². The molecule has 55 heavy (non-hydrogen) atoms. The number of carbonyl (C=O) groups excluding carboxylic acids is 2. The van der Waals surface area contributed by atoms with E-state index in [0.29, 0.717) is 67.8 Å². The van der Waals surface area contributed by atoms with Crippen molar-refractivity contribution >= 4 is 28.6 Å². The number of aliphatic hydroxyl groups excluding tert-OH is 1. The Hall–Kier alpha value is -5.86. The maximum atomic E-state index is 13.2. The molecule has 0 radical (unpaired) electrons. The average Bonchev–Trinajstić information content (AvgIpc) is 3.21. The molecule has 4 aromatic carbocycles. The zero-order chi connectivity index (χ0) is 39.1. The van der Waals surface area contributed by atoms with Crippen LogP contribution in [0.5, 0.6) is 11.5 Å². The van der Waals surface area contributed by atoms with Crippen LogP contribution in [0.2, 0.25) is 0 Å². The molecule has 1 saturated heterocycles. The van der Waals surface area contributed by atoms with Gasteiger partial charge in [-0.15, -0.1) is 0 Å². The molecule has 13 nitrogen and oxygen atoms in total. The number of fused-ring (bicyclic) bond motifs is 1. The van der Waals surface area contributed by atoms with Gasteiger partial charge in [0.05, 0.1) is 18.2 Å². The maximum absolute atomic E-state index is 13.2. The van der Waals surface area contributed by atoms with E-state index >= 15 is 0 Å². The summed E-state index contributed by atoms with van der Waals surface area (Å²) in [7, 11) is 0. The lowest BCUT2D eigenvalue weighted by Gasteiger charge is -2.33. The van der Waals surface area contributed by atoms with Crippen molar-refractivity contribution in [2.24, 2.45) is 11.7 Å². The Bertz CT molecular complexity index is 2200. The largest absolute Gasteiger partial charge is 0.506 e. The number of aliphatic carboxylic acids is 1. The molecular weight excluding hydrogens is 704 g/mol. The third-order valence-electron chi connectivity index (χ3n) is 10.1. The van der Waals surface area contributed by atoms with Gasteiger partial charge in [-0.25, -0.2) is 4.79 Å². The van der Waals surface area contributed by atoms with Gasteiger partial charge in [0.2, 0.25) is 17.1 Å². The molecule has 1 amide bonds. The predicted molar refractivity (Wildman–Crippen MR) is 205 cm³/mol. The summed E-state index contributed by atoms with van der Waals surface area (Å²) in [6, 6.07) is 26.1. The van der Waals surface area contributed by atoms with Crippen molar-refractivity contribution in [2.75, 3.05) is 32.8 Å². The highest BCUT2D eigenvalue weighted by molar-refractivity contribution is 6.13. The van der Waals surface area contributed by atoms with Crippen LogP contribution in [0.3, 0.4) is 0 Å². The lowest BCUT2D eigenvalue weighted by molar-refractivity contribution is -0.155. The second-order valence-electron chi connectivity index (χ2n) is 13.8. The SMILES string of the molecule is NC(C(=O)c1ccc(CCNC[C@H](O)c2ccc(O)c3[nH]c(=O)ccc23)cc1)C(=O)N1CCC(COc2cccc([C@](O)(C(=O)O)c3ccccc3)c2)CC1. The van der Waals surface area contributed by atoms with Crippen molar-refractivity contribution < 1.29 is 39.5 Å². The molecule has 1 fully saturated rings. The number of carbonyl (C=O) groups is 3. The molecule has 3 atom stereocenters. The van der Waals surface area contributed by atoms with E-state index in [4.69, 9.17) is 10.5 Å². The van der Waals surface area contributed by atoms with Crippen molar-refractivity contribution in [1.82, 2.24) is 15.2 Å². The first kappa shape index (κ1) is 38.9. The Labute approximate surface area is 317 Å². The first-order valence-corrected chi connectivity index (χ1v) is 18.1. The van der Waals surface area contributed by atoms with Gasteiger partial charge in [-0.1, -0.05) is 72.8 Å². The van der Waals surface area contributed by atoms with Gasteiger partial charge < -0.3 is 46.1 Å². The Balaban J connectivity index is 0.944. The van der Waals surface area contributed by atoms with E-state index in [-0.39, 0.29) is 40.4 Å². The molecule has 2 heterocycles. The van der Waals surface area contributed by atoms with Gasteiger partial charge in [0.1, 0.15) is 17.5 Å². The van der Waals surface area contributed by atoms with Crippen LogP contribution in [0.25, 0.3) is 10.9 Å². The van der Waals surface area contributed by atoms with Crippen molar-refractivity contribution in [2.45, 2.75) is 37.0 Å². The number of aliphatic hydroxyl groups is 2. The minimum atomic E-state index is -2.24. The molecular formula is C42H44N4O9. The van der Waals surface area contributed by atoms with Crippen LogP contribution >= 0.6 is 0 Å². The number of piperidine rings is 1. The normalized spacial score (nSPS) is 15.6. The monoisotopic (exact) mass is 748 g/mol. The van der Waals surface area contributed by atoms with Gasteiger partial charge in [-0.05, 0) is 72.7 Å². The summed E-state index contributed by atoms with van der Waals surface area (Å²) in [5.74, 6) is -1.86. The number of carboxylic acids is 1. The molecule has 1 aliphatic rings. The van der Waals surface area contributed by atoms with Crippen molar-refractivity contribution in [1.29, 1.82) is 0 Å². The average molecular weight is 749 g/mol. The van der Waals surface area contributed by atoms with Gasteiger partial charge in [-0.3, -0.25) is 14.4 Å². The zero-order valence-electron chi connectivity index (χ0n) is 30.1. The van der Waals surface area contributed by atoms with E-state index in [1.54, 1.807) is 89.8 Å². The molecule has 1 unspecified atom stereocenters. The highest BCUT2D eigenvalue weighted by Gasteiger charge is 2.40. The van der Waals surface area contributed by atoms with Gasteiger partial charge >= 0.3 is 5.97 Å². The van der Waals surface area contributed by atoms with Gasteiger partial charge in [0.15, 0.2) is 5.78 Å². The number of nitrogens with zero attached hydrogens (tertiary/aromatic N) is 1. The number of ketones is 1. The number of carboxylic acid groups (broad SMARTS) is 1. The number of ether oxygens (including phenoxy) is 1. The van der Waals surface area contributed by atoms with Crippen molar-refractivity contribution in [3.63, 3.8) is 0 Å². The molecule has 0 saturated carbocycles. The number of pyridine rings is 1. The molecule has 13 heteroatoms. The number of phenols is 1. The van der Waals surface area contributed by atoms with Crippen LogP contribution in [0.4, 0.5) is 0 Å². The van der Waals surface area contributed by atoms with E-state index < -0.39 is 35.4 Å². The number of nitrogens with one attached hydrogen (secondary N) is 2. The highest BCUT2D eigenvalue weighted by atomic mass is 16.5. The summed E-state index contributed by atoms with van der Waals surface area (Å²) < 4.78 is 6.01. The number of likely N-dealkylation sites (tertiary alicyclic amines) is 1. The predicted octanol–water partition coefficient (Wildman–Crippen LogP) is 3.25. The standard InChI is InChI=1S/C42H44N4O9/c43-37(39(50)28-11-9-26(10-12-28)17-20-44-24-35(48)32-13-15-34(47)38-33(32)14-16-36(49)45-38)40(51)46-21-18-27(19-22-46)25-55-31-8-4-7-30(23-31)42(54,41(52)53)29-5-2-1-3-6-29/h1-16,23,27,35,37,44,47-48,54H,17-22,24-25,43H2,(H,45,49)(H,52,53)/t35-,37?,42-/m0/s1. The van der Waals surface area contributed by atoms with Crippen molar-refractivity contribution in [3.8, 4) is 11.5 Å². The number of aromatic nitrogens is 1. The van der Waals surface area contributed by atoms with Gasteiger partial charge in [0, 0.05) is 42.2 Å². The fourth-order valence-electron chi connectivity index (χ4n) is 6.89. The number of rotatable bonds is 15. The number of amides is 1. The van der Waals surface area contributed by atoms with E-state index in [2.05, 4.69) is 10.3 Å². The molecule has 6 rings (SSSR count). The van der Waals surface area contributed by atoms with Gasteiger partial charge in [0.25, 0.3) is 0 Å². The smallest absolute Gasteiger partial charge is 0.345 e. The molecule has 0 spiro atoms. The lowest BCUT2D eigenvalue weighted by Crippen LogP contribution is -2.51. The summed E-state index contributed by atoms with van der Waals surface area (Å²) in [5.41, 5.74) is 6.09. The van der Waals surface area contributed by atoms with Crippen LogP contribution in [-0.2, 0) is 21.6 Å². The number of nitrogens with two attached hydrogens (primary N) is 1. The zero-order valence-corrected chi connectivity index (χ0v) is 30.1. The summed E-state index contributed by atoms with van der Waals surface area (Å²) in [6.07, 6.45) is 0.979. The number of Topliss-reactive ketones (excluding diaryl/α,β-unsaturated/α-hetero) is 1. The molecule has 5 aromatic rings. The lowest BCUT2D eigenvalue weighted by atomic mass is 9.86. The number of aromatic amines is 1. The number of H-pyrrole nitrogens is 1. The quantitative estimate of drug-likeness (QED) is 0.0469. The summed E-state index contributed by atoms with van der Waals surface area (Å²) in [4.78, 5) is 54.4. The van der Waals surface area contributed by atoms with Crippen LogP contribution in [-0.4, -0.2) is 86.8 Å². The van der Waals surface area contributed by atoms with Crippen LogP contribution < -0.4 is 21.3 Å². The summed E-state index contributed by atoms with van der Waals surface area (Å²) in [6.45, 7) is 1.91. The minimum absolute atomic E-state index is 0.0754.